The van der Waals surface area contributed by atoms with Gasteiger partial charge in [0.15, 0.2) is 0 Å². The van der Waals surface area contributed by atoms with Gasteiger partial charge in [0.25, 0.3) is 0 Å². The molecule has 1 amide bonds. The summed E-state index contributed by atoms with van der Waals surface area (Å²) in [6.07, 6.45) is 5.30. The number of nitrogens with zero attached hydrogens (tertiary/aromatic N) is 1. The monoisotopic (exact) mass is 259 g/mol. The fourth-order valence-corrected chi connectivity index (χ4v) is 2.96. The third kappa shape index (κ3) is 5.44. The van der Waals surface area contributed by atoms with E-state index in [9.17, 15) is 9.59 Å². The molecule has 0 aromatic heterocycles. The van der Waals surface area contributed by atoms with E-state index in [0.29, 0.717) is 18.8 Å². The normalized spacial score (nSPS) is 20.3. The molecule has 0 bridgehead atoms. The number of likely N-dealkylation sites (tertiary alicyclic amines) is 1. The molecule has 0 spiro atoms. The lowest BCUT2D eigenvalue weighted by Gasteiger charge is -2.32. The molecule has 98 valence electrons. The highest BCUT2D eigenvalue weighted by Gasteiger charge is 2.22. The topological polar surface area (TPSA) is 57.6 Å². The Morgan fingerprint density at radius 2 is 2.18 bits per heavy atom. The Bertz CT molecular complexity index is 268. The first-order chi connectivity index (χ1) is 8.13. The van der Waals surface area contributed by atoms with Gasteiger partial charge < -0.3 is 10.0 Å². The van der Waals surface area contributed by atoms with Crippen molar-refractivity contribution in [2.45, 2.75) is 32.1 Å². The molecule has 17 heavy (non-hydrogen) atoms. The zero-order chi connectivity index (χ0) is 12.7. The van der Waals surface area contributed by atoms with Crippen molar-refractivity contribution in [1.82, 2.24) is 4.90 Å². The second-order valence-corrected chi connectivity index (χ2v) is 5.46. The molecule has 1 atom stereocenters. The van der Waals surface area contributed by atoms with Crippen LogP contribution < -0.4 is 0 Å². The number of rotatable bonds is 6. The molecule has 1 heterocycles. The fraction of sp³-hybridized carbons (Fsp3) is 0.833. The molecule has 0 unspecified atom stereocenters. The van der Waals surface area contributed by atoms with E-state index >= 15 is 0 Å². The first kappa shape index (κ1) is 14.4. The number of hydrogen-bond acceptors (Lipinski definition) is 3. The summed E-state index contributed by atoms with van der Waals surface area (Å²) in [7, 11) is 0. The number of piperidine rings is 1. The van der Waals surface area contributed by atoms with Crippen molar-refractivity contribution >= 4 is 23.6 Å². The third-order valence-electron chi connectivity index (χ3n) is 3.06. The van der Waals surface area contributed by atoms with Crippen molar-refractivity contribution in [3.63, 3.8) is 0 Å². The minimum atomic E-state index is -0.822. The first-order valence-corrected chi connectivity index (χ1v) is 7.51. The van der Waals surface area contributed by atoms with E-state index in [-0.39, 0.29) is 12.3 Å². The van der Waals surface area contributed by atoms with Gasteiger partial charge in [0, 0.05) is 25.9 Å². The minimum Gasteiger partial charge on any atom is -0.481 e. The summed E-state index contributed by atoms with van der Waals surface area (Å²) < 4.78 is 0. The molecule has 0 aromatic carbocycles. The second-order valence-electron chi connectivity index (χ2n) is 4.55. The predicted octanol–water partition coefficient (Wildman–Crippen LogP) is 1.84. The van der Waals surface area contributed by atoms with Gasteiger partial charge in [-0.3, -0.25) is 9.59 Å². The van der Waals surface area contributed by atoms with E-state index in [1.807, 2.05) is 16.7 Å². The van der Waals surface area contributed by atoms with Crippen molar-refractivity contribution in [1.29, 1.82) is 0 Å². The molecule has 0 saturated carbocycles. The van der Waals surface area contributed by atoms with E-state index in [1.165, 1.54) is 6.42 Å². The lowest BCUT2D eigenvalue weighted by molar-refractivity contribution is -0.137. The van der Waals surface area contributed by atoms with Crippen molar-refractivity contribution in [3.05, 3.63) is 0 Å². The molecule has 1 aliphatic heterocycles. The summed E-state index contributed by atoms with van der Waals surface area (Å²) in [5.74, 6) is 1.02. The lowest BCUT2D eigenvalue weighted by atomic mass is 9.99. The molecule has 1 rings (SSSR count). The Morgan fingerprint density at radius 3 is 2.82 bits per heavy atom. The summed E-state index contributed by atoms with van der Waals surface area (Å²) >= 11 is 1.83. The molecule has 0 aliphatic carbocycles. The number of carbonyl (C=O) groups excluding carboxylic acids is 1. The van der Waals surface area contributed by atoms with Gasteiger partial charge in [-0.1, -0.05) is 0 Å². The van der Waals surface area contributed by atoms with Gasteiger partial charge in [0.2, 0.25) is 5.91 Å². The van der Waals surface area contributed by atoms with E-state index in [2.05, 4.69) is 6.26 Å². The Kier molecular flexibility index (Phi) is 6.40. The SMILES string of the molecule is CSC[C@@H]1CCCN(C(=O)CCCC(=O)O)C1. The van der Waals surface area contributed by atoms with Crippen molar-refractivity contribution in [2.24, 2.45) is 5.92 Å². The molecule has 1 fully saturated rings. The van der Waals surface area contributed by atoms with Crippen LogP contribution in [-0.4, -0.2) is 47.0 Å². The van der Waals surface area contributed by atoms with Crippen LogP contribution in [0.5, 0.6) is 0 Å². The van der Waals surface area contributed by atoms with Crippen LogP contribution in [0.2, 0.25) is 0 Å². The van der Waals surface area contributed by atoms with Crippen molar-refractivity contribution in [3.8, 4) is 0 Å². The quantitative estimate of drug-likeness (QED) is 0.791. The van der Waals surface area contributed by atoms with E-state index in [1.54, 1.807) is 0 Å². The van der Waals surface area contributed by atoms with Crippen LogP contribution in [0.1, 0.15) is 32.1 Å². The standard InChI is InChI=1S/C12H21NO3S/c1-17-9-10-4-3-7-13(8-10)11(14)5-2-6-12(15)16/h10H,2-9H2,1H3,(H,15,16)/t10-/m1/s1. The van der Waals surface area contributed by atoms with Crippen LogP contribution >= 0.6 is 11.8 Å². The van der Waals surface area contributed by atoms with Gasteiger partial charge in [-0.15, -0.1) is 0 Å². The third-order valence-corrected chi connectivity index (χ3v) is 3.86. The summed E-state index contributed by atoms with van der Waals surface area (Å²) in [6, 6.07) is 0. The molecule has 1 saturated heterocycles. The van der Waals surface area contributed by atoms with Crippen LogP contribution in [0.4, 0.5) is 0 Å². The van der Waals surface area contributed by atoms with Crippen LogP contribution in [0.15, 0.2) is 0 Å². The molecule has 1 N–H and O–H groups in total. The summed E-state index contributed by atoms with van der Waals surface area (Å²) in [4.78, 5) is 24.1. The van der Waals surface area contributed by atoms with Gasteiger partial charge in [-0.2, -0.15) is 11.8 Å². The van der Waals surface area contributed by atoms with Crippen LogP contribution in [0.3, 0.4) is 0 Å². The smallest absolute Gasteiger partial charge is 0.303 e. The van der Waals surface area contributed by atoms with Gasteiger partial charge in [0.05, 0.1) is 0 Å². The minimum absolute atomic E-state index is 0.0911. The zero-order valence-electron chi connectivity index (χ0n) is 10.4. The fourth-order valence-electron chi connectivity index (χ4n) is 2.21. The molecular weight excluding hydrogens is 238 g/mol. The Morgan fingerprint density at radius 1 is 1.41 bits per heavy atom. The maximum absolute atomic E-state index is 11.9. The molecule has 4 nitrogen and oxygen atoms in total. The average Bonchev–Trinajstić information content (AvgIpc) is 2.29. The highest BCUT2D eigenvalue weighted by molar-refractivity contribution is 7.98. The Labute approximate surface area is 107 Å². The van der Waals surface area contributed by atoms with Crippen LogP contribution in [0, 0.1) is 5.92 Å². The number of hydrogen-bond donors (Lipinski definition) is 1. The maximum atomic E-state index is 11.9. The second kappa shape index (κ2) is 7.58. The van der Waals surface area contributed by atoms with E-state index < -0.39 is 5.97 Å². The first-order valence-electron chi connectivity index (χ1n) is 6.12. The molecule has 5 heteroatoms. The van der Waals surface area contributed by atoms with Crippen LogP contribution in [-0.2, 0) is 9.59 Å². The largest absolute Gasteiger partial charge is 0.481 e. The number of aliphatic carboxylic acids is 1. The lowest BCUT2D eigenvalue weighted by Crippen LogP contribution is -2.40. The Balaban J connectivity index is 2.28. The summed E-state index contributed by atoms with van der Waals surface area (Å²) in [6.45, 7) is 1.70. The summed E-state index contributed by atoms with van der Waals surface area (Å²) in [5, 5.41) is 8.52. The number of carbonyl (C=O) groups is 2. The molecule has 0 aromatic rings. The van der Waals surface area contributed by atoms with E-state index in [4.69, 9.17) is 5.11 Å². The molecule has 1 aliphatic rings. The number of carboxylic acids is 1. The molecular formula is C12H21NO3S. The number of thioether (sulfide) groups is 1. The van der Waals surface area contributed by atoms with Gasteiger partial charge in [-0.25, -0.2) is 0 Å². The predicted molar refractivity (Wildman–Crippen MR) is 69.2 cm³/mol. The van der Waals surface area contributed by atoms with Crippen LogP contribution in [0.25, 0.3) is 0 Å². The van der Waals surface area contributed by atoms with Crippen molar-refractivity contribution in [2.75, 3.05) is 25.1 Å². The zero-order valence-corrected chi connectivity index (χ0v) is 11.2. The highest BCUT2D eigenvalue weighted by atomic mass is 32.2. The maximum Gasteiger partial charge on any atom is 0.303 e. The Hall–Kier alpha value is -0.710. The average molecular weight is 259 g/mol. The van der Waals surface area contributed by atoms with Crippen molar-refractivity contribution < 1.29 is 14.7 Å². The number of amides is 1. The highest BCUT2D eigenvalue weighted by Crippen LogP contribution is 2.20. The summed E-state index contributed by atoms with van der Waals surface area (Å²) in [5.41, 5.74) is 0. The number of carboxylic acid groups (broad SMARTS) is 1. The molecule has 0 radical (unpaired) electrons. The van der Waals surface area contributed by atoms with Gasteiger partial charge in [0.1, 0.15) is 0 Å². The van der Waals surface area contributed by atoms with Gasteiger partial charge in [-0.05, 0) is 37.2 Å². The van der Waals surface area contributed by atoms with E-state index in [0.717, 1.165) is 25.3 Å². The van der Waals surface area contributed by atoms with Gasteiger partial charge >= 0.3 is 5.97 Å².